The summed E-state index contributed by atoms with van der Waals surface area (Å²) in [7, 11) is 1.68. The van der Waals surface area contributed by atoms with E-state index in [2.05, 4.69) is 10.6 Å². The molecule has 8 heteroatoms. The predicted octanol–water partition coefficient (Wildman–Crippen LogP) is 2.60. The van der Waals surface area contributed by atoms with E-state index in [0.717, 1.165) is 5.56 Å². The molecular formula is C20H21N3O5. The van der Waals surface area contributed by atoms with Crippen LogP contribution in [0.4, 0.5) is 11.4 Å². The second-order valence-electron chi connectivity index (χ2n) is 6.51. The van der Waals surface area contributed by atoms with Crippen LogP contribution in [0.15, 0.2) is 36.4 Å². The number of nitrogens with one attached hydrogen (secondary N) is 2. The molecule has 0 saturated carbocycles. The van der Waals surface area contributed by atoms with Crippen molar-refractivity contribution >= 4 is 29.1 Å². The number of hydrogen-bond acceptors (Lipinski definition) is 5. The summed E-state index contributed by atoms with van der Waals surface area (Å²) in [5.74, 6) is 0.537. The number of fused-ring (bicyclic) bond motifs is 1. The van der Waals surface area contributed by atoms with E-state index in [-0.39, 0.29) is 24.5 Å². The molecule has 1 aliphatic rings. The van der Waals surface area contributed by atoms with Gasteiger partial charge >= 0.3 is 0 Å². The minimum Gasteiger partial charge on any atom is -0.454 e. The minimum absolute atomic E-state index is 0.190. The van der Waals surface area contributed by atoms with Gasteiger partial charge in [0.2, 0.25) is 18.6 Å². The first-order valence-corrected chi connectivity index (χ1v) is 8.66. The molecule has 0 radical (unpaired) electrons. The quantitative estimate of drug-likeness (QED) is 0.827. The molecule has 8 nitrogen and oxygen atoms in total. The molecule has 146 valence electrons. The van der Waals surface area contributed by atoms with Crippen LogP contribution in [0.1, 0.15) is 29.8 Å². The van der Waals surface area contributed by atoms with Crippen LogP contribution in [0.5, 0.6) is 11.5 Å². The number of rotatable bonds is 5. The highest BCUT2D eigenvalue weighted by Gasteiger charge is 2.17. The maximum atomic E-state index is 12.9. The highest BCUT2D eigenvalue weighted by atomic mass is 16.7. The Morgan fingerprint density at radius 3 is 2.14 bits per heavy atom. The standard InChI is InChI=1S/C20H21N3O5/c1-12(24)21-16-7-15(8-17(9-16)22-13(2)25)20(26)23(3)10-14-4-5-18-19(6-14)28-11-27-18/h4-9H,10-11H2,1-3H3,(H,21,24)(H,22,25). The van der Waals surface area contributed by atoms with Gasteiger partial charge in [-0.15, -0.1) is 0 Å². The van der Waals surface area contributed by atoms with Gasteiger partial charge in [-0.3, -0.25) is 14.4 Å². The number of hydrogen-bond donors (Lipinski definition) is 2. The Morgan fingerprint density at radius 1 is 0.929 bits per heavy atom. The molecular weight excluding hydrogens is 362 g/mol. The van der Waals surface area contributed by atoms with E-state index in [1.54, 1.807) is 30.1 Å². The number of nitrogens with zero attached hydrogens (tertiary/aromatic N) is 1. The molecule has 2 aromatic rings. The number of anilines is 2. The summed E-state index contributed by atoms with van der Waals surface area (Å²) in [6, 6.07) is 10.3. The summed E-state index contributed by atoms with van der Waals surface area (Å²) in [6.45, 7) is 3.29. The Labute approximate surface area is 162 Å². The fourth-order valence-corrected chi connectivity index (χ4v) is 2.91. The Kier molecular flexibility index (Phi) is 5.49. The third kappa shape index (κ3) is 4.59. The Morgan fingerprint density at radius 2 is 1.54 bits per heavy atom. The van der Waals surface area contributed by atoms with Gasteiger partial charge in [0.15, 0.2) is 11.5 Å². The van der Waals surface area contributed by atoms with Gasteiger partial charge in [0, 0.05) is 44.4 Å². The Bertz CT molecular complexity index is 907. The topological polar surface area (TPSA) is 97.0 Å². The van der Waals surface area contributed by atoms with Crippen molar-refractivity contribution in [2.45, 2.75) is 20.4 Å². The number of benzene rings is 2. The van der Waals surface area contributed by atoms with E-state index in [4.69, 9.17) is 9.47 Å². The van der Waals surface area contributed by atoms with Crippen LogP contribution in [0.25, 0.3) is 0 Å². The lowest BCUT2D eigenvalue weighted by Crippen LogP contribution is -2.26. The van der Waals surface area contributed by atoms with Crippen molar-refractivity contribution < 1.29 is 23.9 Å². The predicted molar refractivity (Wildman–Crippen MR) is 103 cm³/mol. The molecule has 1 aliphatic heterocycles. The van der Waals surface area contributed by atoms with E-state index in [1.165, 1.54) is 13.8 Å². The van der Waals surface area contributed by atoms with Gasteiger partial charge in [-0.1, -0.05) is 6.07 Å². The smallest absolute Gasteiger partial charge is 0.254 e. The minimum atomic E-state index is -0.271. The summed E-state index contributed by atoms with van der Waals surface area (Å²) in [4.78, 5) is 37.2. The lowest BCUT2D eigenvalue weighted by molar-refractivity contribution is -0.115. The van der Waals surface area contributed by atoms with Crippen molar-refractivity contribution in [3.63, 3.8) is 0 Å². The zero-order valence-corrected chi connectivity index (χ0v) is 15.9. The molecule has 0 aromatic heterocycles. The second-order valence-corrected chi connectivity index (χ2v) is 6.51. The molecule has 0 unspecified atom stereocenters. The molecule has 0 saturated heterocycles. The van der Waals surface area contributed by atoms with Gasteiger partial charge in [0.25, 0.3) is 5.91 Å². The largest absolute Gasteiger partial charge is 0.454 e. The van der Waals surface area contributed by atoms with Crippen molar-refractivity contribution in [3.05, 3.63) is 47.5 Å². The number of carbonyl (C=O) groups is 3. The molecule has 3 amide bonds. The molecule has 2 aromatic carbocycles. The van der Waals surface area contributed by atoms with Crippen molar-refractivity contribution in [1.29, 1.82) is 0 Å². The first-order valence-electron chi connectivity index (χ1n) is 8.66. The fourth-order valence-electron chi connectivity index (χ4n) is 2.91. The van der Waals surface area contributed by atoms with Gasteiger partial charge in [0.05, 0.1) is 0 Å². The third-order valence-electron chi connectivity index (χ3n) is 4.02. The number of ether oxygens (including phenoxy) is 2. The van der Waals surface area contributed by atoms with Crippen molar-refractivity contribution in [3.8, 4) is 11.5 Å². The SMILES string of the molecule is CC(=O)Nc1cc(NC(C)=O)cc(C(=O)N(C)Cc2ccc3c(c2)OCO3)c1. The Balaban J connectivity index is 1.81. The lowest BCUT2D eigenvalue weighted by Gasteiger charge is -2.19. The molecule has 3 rings (SSSR count). The molecule has 1 heterocycles. The van der Waals surface area contributed by atoms with E-state index >= 15 is 0 Å². The number of carbonyl (C=O) groups excluding carboxylic acids is 3. The van der Waals surface area contributed by atoms with E-state index in [1.807, 2.05) is 18.2 Å². The lowest BCUT2D eigenvalue weighted by atomic mass is 10.1. The summed E-state index contributed by atoms with van der Waals surface area (Å²) in [5.41, 5.74) is 2.09. The van der Waals surface area contributed by atoms with Gasteiger partial charge in [-0.05, 0) is 35.9 Å². The van der Waals surface area contributed by atoms with Crippen LogP contribution >= 0.6 is 0 Å². The van der Waals surface area contributed by atoms with Crippen LogP contribution in [0, 0.1) is 0 Å². The molecule has 0 aliphatic carbocycles. The maximum Gasteiger partial charge on any atom is 0.254 e. The highest BCUT2D eigenvalue weighted by Crippen LogP contribution is 2.33. The van der Waals surface area contributed by atoms with Crippen molar-refractivity contribution in [2.24, 2.45) is 0 Å². The van der Waals surface area contributed by atoms with Crippen LogP contribution in [-0.2, 0) is 16.1 Å². The molecule has 0 spiro atoms. The van der Waals surface area contributed by atoms with Crippen LogP contribution in [-0.4, -0.2) is 36.5 Å². The second kappa shape index (κ2) is 7.99. The molecule has 0 bridgehead atoms. The molecule has 0 fully saturated rings. The maximum absolute atomic E-state index is 12.9. The van der Waals surface area contributed by atoms with Crippen LogP contribution in [0.3, 0.4) is 0 Å². The van der Waals surface area contributed by atoms with Gasteiger partial charge < -0.3 is 25.0 Å². The molecule has 2 N–H and O–H groups in total. The monoisotopic (exact) mass is 383 g/mol. The van der Waals surface area contributed by atoms with Crippen molar-refractivity contribution in [2.75, 3.05) is 24.5 Å². The number of amides is 3. The molecule has 28 heavy (non-hydrogen) atoms. The third-order valence-corrected chi connectivity index (χ3v) is 4.02. The van der Waals surface area contributed by atoms with E-state index in [0.29, 0.717) is 35.0 Å². The van der Waals surface area contributed by atoms with Gasteiger partial charge in [0.1, 0.15) is 0 Å². The Hall–Kier alpha value is -3.55. The summed E-state index contributed by atoms with van der Waals surface area (Å²) in [5, 5.41) is 5.28. The van der Waals surface area contributed by atoms with Gasteiger partial charge in [-0.25, -0.2) is 0 Å². The first-order chi connectivity index (χ1) is 13.3. The summed E-state index contributed by atoms with van der Waals surface area (Å²) < 4.78 is 10.7. The average Bonchev–Trinajstić information content (AvgIpc) is 3.07. The zero-order valence-electron chi connectivity index (χ0n) is 15.9. The highest BCUT2D eigenvalue weighted by molar-refractivity contribution is 5.99. The fraction of sp³-hybridized carbons (Fsp3) is 0.250. The zero-order chi connectivity index (χ0) is 20.3. The van der Waals surface area contributed by atoms with E-state index < -0.39 is 0 Å². The normalized spacial score (nSPS) is 11.7. The van der Waals surface area contributed by atoms with Crippen LogP contribution < -0.4 is 20.1 Å². The van der Waals surface area contributed by atoms with Crippen LogP contribution in [0.2, 0.25) is 0 Å². The van der Waals surface area contributed by atoms with Crippen molar-refractivity contribution in [1.82, 2.24) is 4.90 Å². The summed E-state index contributed by atoms with van der Waals surface area (Å²) >= 11 is 0. The average molecular weight is 383 g/mol. The first kappa shape index (κ1) is 19.2. The molecule has 0 atom stereocenters. The van der Waals surface area contributed by atoms with E-state index in [9.17, 15) is 14.4 Å². The summed E-state index contributed by atoms with van der Waals surface area (Å²) in [6.07, 6.45) is 0. The van der Waals surface area contributed by atoms with Gasteiger partial charge in [-0.2, -0.15) is 0 Å².